The highest BCUT2D eigenvalue weighted by atomic mass is 35.5. The van der Waals surface area contributed by atoms with Crippen molar-refractivity contribution in [3.63, 3.8) is 0 Å². The lowest BCUT2D eigenvalue weighted by Crippen LogP contribution is -2.57. The molecule has 66 valence electrons. The maximum atomic E-state index is 10.7. The first-order chi connectivity index (χ1) is 5.44. The molecule has 0 fully saturated rings. The Morgan fingerprint density at radius 3 is 2.67 bits per heavy atom. The molecule has 1 aliphatic rings. The first-order valence-corrected chi connectivity index (χ1v) is 3.46. The second-order valence-electron chi connectivity index (χ2n) is 1.91. The van der Waals surface area contributed by atoms with Gasteiger partial charge in [-0.25, -0.2) is 14.6 Å². The van der Waals surface area contributed by atoms with E-state index in [9.17, 15) is 9.59 Å². The summed E-state index contributed by atoms with van der Waals surface area (Å²) in [6, 6.07) is -0.813. The lowest BCUT2D eigenvalue weighted by atomic mass is 10.5. The maximum absolute atomic E-state index is 10.7. The number of urea groups is 1. The van der Waals surface area contributed by atoms with E-state index in [2.05, 4.69) is 4.99 Å². The number of alkyl halides is 1. The maximum Gasteiger partial charge on any atom is 0.369 e. The molecule has 0 saturated carbocycles. The summed E-state index contributed by atoms with van der Waals surface area (Å²) in [6.45, 7) is 0. The van der Waals surface area contributed by atoms with Crippen LogP contribution < -0.4 is 10.6 Å². The van der Waals surface area contributed by atoms with E-state index >= 15 is 0 Å². The Morgan fingerprint density at radius 2 is 2.25 bits per heavy atom. The Labute approximate surface area is 76.5 Å². The van der Waals surface area contributed by atoms with Crippen LogP contribution in [0.1, 0.15) is 0 Å². The molecule has 6 nitrogen and oxygen atoms in total. The first kappa shape index (κ1) is 9.08. The van der Waals surface area contributed by atoms with Gasteiger partial charge in [0.2, 0.25) is 5.29 Å². The van der Waals surface area contributed by atoms with Crippen LogP contribution >= 0.6 is 23.2 Å². The fourth-order valence-corrected chi connectivity index (χ4v) is 0.994. The van der Waals surface area contributed by atoms with E-state index in [1.165, 1.54) is 0 Å². The highest BCUT2D eigenvalue weighted by Gasteiger charge is 2.41. The van der Waals surface area contributed by atoms with Crippen LogP contribution in [0.15, 0.2) is 4.99 Å². The Balaban J connectivity index is 2.99. The second kappa shape index (κ2) is 2.80. The largest absolute Gasteiger partial charge is 0.477 e. The van der Waals surface area contributed by atoms with Gasteiger partial charge in [0.25, 0.3) is 0 Å². The van der Waals surface area contributed by atoms with Crippen LogP contribution in [0.5, 0.6) is 0 Å². The quantitative estimate of drug-likeness (QED) is 0.417. The van der Waals surface area contributed by atoms with Crippen LogP contribution in [-0.4, -0.2) is 27.5 Å². The number of halogens is 2. The number of carboxylic acid groups (broad SMARTS) is 1. The molecule has 1 rings (SSSR count). The monoisotopic (exact) mass is 211 g/mol. The molecule has 0 spiro atoms. The molecule has 12 heavy (non-hydrogen) atoms. The van der Waals surface area contributed by atoms with Gasteiger partial charge in [-0.3, -0.25) is 10.6 Å². The van der Waals surface area contributed by atoms with Gasteiger partial charge in [0.05, 0.1) is 0 Å². The molecule has 0 aromatic rings. The second-order valence-corrected chi connectivity index (χ2v) is 2.81. The van der Waals surface area contributed by atoms with E-state index in [4.69, 9.17) is 28.3 Å². The minimum Gasteiger partial charge on any atom is -0.477 e. The summed E-state index contributed by atoms with van der Waals surface area (Å²) < 4.78 is 0. The average molecular weight is 212 g/mol. The van der Waals surface area contributed by atoms with Crippen molar-refractivity contribution in [1.29, 1.82) is 0 Å². The molecule has 1 unspecified atom stereocenters. The molecular formula is C4H3Cl2N3O3. The first-order valence-electron chi connectivity index (χ1n) is 2.71. The third-order valence-corrected chi connectivity index (χ3v) is 1.55. The van der Waals surface area contributed by atoms with Crippen molar-refractivity contribution in [2.24, 2.45) is 4.99 Å². The summed E-state index contributed by atoms with van der Waals surface area (Å²) in [5.41, 5.74) is 0. The van der Waals surface area contributed by atoms with Crippen LogP contribution in [0, 0.1) is 0 Å². The molecule has 1 atom stereocenters. The molecule has 0 aromatic heterocycles. The molecule has 0 bridgehead atoms. The Hall–Kier alpha value is -1.01. The van der Waals surface area contributed by atoms with Crippen molar-refractivity contribution in [3.8, 4) is 0 Å². The molecule has 1 aliphatic heterocycles. The van der Waals surface area contributed by atoms with Gasteiger partial charge in [0.15, 0.2) is 0 Å². The molecule has 3 N–H and O–H groups in total. The number of amides is 2. The molecule has 0 saturated heterocycles. The van der Waals surface area contributed by atoms with Gasteiger partial charge < -0.3 is 5.11 Å². The number of nitrogens with zero attached hydrogens (tertiary/aromatic N) is 1. The van der Waals surface area contributed by atoms with Crippen LogP contribution in [0.2, 0.25) is 0 Å². The summed E-state index contributed by atoms with van der Waals surface area (Å²) in [5, 5.41) is 9.81. The number of carboxylic acids is 1. The van der Waals surface area contributed by atoms with Gasteiger partial charge in [-0.1, -0.05) is 11.6 Å². The SMILES string of the molecule is O=C1NC(Cl)=NC(Cl)(C(=O)O)N1. The molecule has 0 aliphatic carbocycles. The van der Waals surface area contributed by atoms with Gasteiger partial charge in [0, 0.05) is 0 Å². The summed E-state index contributed by atoms with van der Waals surface area (Å²) in [7, 11) is 0. The fraction of sp³-hybridized carbons (Fsp3) is 0.250. The molecule has 1 heterocycles. The van der Waals surface area contributed by atoms with Gasteiger partial charge in [-0.15, -0.1) is 0 Å². The highest BCUT2D eigenvalue weighted by Crippen LogP contribution is 2.16. The minimum absolute atomic E-state index is 0.365. The van der Waals surface area contributed by atoms with Crippen LogP contribution in [0.25, 0.3) is 0 Å². The summed E-state index contributed by atoms with van der Waals surface area (Å²) in [6.07, 6.45) is 0. The molecule has 8 heteroatoms. The van der Waals surface area contributed by atoms with E-state index in [0.717, 1.165) is 0 Å². The summed E-state index contributed by atoms with van der Waals surface area (Å²) >= 11 is 10.6. The van der Waals surface area contributed by atoms with E-state index in [0.29, 0.717) is 0 Å². The van der Waals surface area contributed by atoms with Gasteiger partial charge in [-0.05, 0) is 11.6 Å². The van der Waals surface area contributed by atoms with Crippen molar-refractivity contribution in [3.05, 3.63) is 0 Å². The molecule has 0 aromatic carbocycles. The third kappa shape index (κ3) is 1.59. The Morgan fingerprint density at radius 1 is 1.67 bits per heavy atom. The van der Waals surface area contributed by atoms with E-state index in [-0.39, 0.29) is 5.29 Å². The van der Waals surface area contributed by atoms with Crippen molar-refractivity contribution in [1.82, 2.24) is 10.6 Å². The Kier molecular flexibility index (Phi) is 2.12. The van der Waals surface area contributed by atoms with Gasteiger partial charge >= 0.3 is 17.1 Å². The normalized spacial score (nSPS) is 28.5. The van der Waals surface area contributed by atoms with E-state index in [1.807, 2.05) is 10.6 Å². The van der Waals surface area contributed by atoms with Crippen LogP contribution in [0.4, 0.5) is 4.79 Å². The smallest absolute Gasteiger partial charge is 0.369 e. The van der Waals surface area contributed by atoms with Gasteiger partial charge in [0.1, 0.15) is 0 Å². The number of rotatable bonds is 1. The molecule has 2 amide bonds. The van der Waals surface area contributed by atoms with Crippen LogP contribution in [-0.2, 0) is 4.79 Å². The van der Waals surface area contributed by atoms with Crippen LogP contribution in [0.3, 0.4) is 0 Å². The number of hydrogen-bond acceptors (Lipinski definition) is 3. The third-order valence-electron chi connectivity index (χ3n) is 1.03. The van der Waals surface area contributed by atoms with Crippen molar-refractivity contribution >= 4 is 40.5 Å². The molecular weight excluding hydrogens is 209 g/mol. The number of nitrogens with one attached hydrogen (secondary N) is 2. The molecule has 0 radical (unpaired) electrons. The van der Waals surface area contributed by atoms with E-state index < -0.39 is 17.1 Å². The lowest BCUT2D eigenvalue weighted by Gasteiger charge is -2.23. The predicted octanol–water partition coefficient (Wildman–Crippen LogP) is -0.129. The number of carbonyl (C=O) groups is 2. The van der Waals surface area contributed by atoms with Crippen molar-refractivity contribution in [2.75, 3.05) is 0 Å². The fourth-order valence-electron chi connectivity index (χ4n) is 0.568. The standard InChI is InChI=1S/C4H3Cl2N3O3/c5-2-7-3(12)9-4(6,8-2)1(10)11/h(H,10,11)(H2,7,8,9,12). The number of amidine groups is 1. The average Bonchev–Trinajstić information content (AvgIpc) is 1.82. The number of aliphatic imine (C=N–C) groups is 1. The predicted molar refractivity (Wildman–Crippen MR) is 41.2 cm³/mol. The number of aliphatic carboxylic acids is 1. The Bertz CT molecular complexity index is 279. The zero-order valence-corrected chi connectivity index (χ0v) is 6.98. The number of carbonyl (C=O) groups excluding carboxylic acids is 1. The van der Waals surface area contributed by atoms with Gasteiger partial charge in [-0.2, -0.15) is 0 Å². The van der Waals surface area contributed by atoms with Crippen molar-refractivity contribution in [2.45, 2.75) is 5.12 Å². The zero-order valence-electron chi connectivity index (χ0n) is 5.47. The van der Waals surface area contributed by atoms with Crippen molar-refractivity contribution < 1.29 is 14.7 Å². The lowest BCUT2D eigenvalue weighted by molar-refractivity contribution is -0.140. The summed E-state index contributed by atoms with van der Waals surface area (Å²) in [4.78, 5) is 24.4. The zero-order chi connectivity index (χ0) is 9.35. The summed E-state index contributed by atoms with van der Waals surface area (Å²) in [5.74, 6) is -1.50. The number of hydrogen-bond donors (Lipinski definition) is 3. The van der Waals surface area contributed by atoms with E-state index in [1.54, 1.807) is 0 Å². The topological polar surface area (TPSA) is 90.8 Å². The minimum atomic E-state index is -2.20. The highest BCUT2D eigenvalue weighted by molar-refractivity contribution is 6.66.